The van der Waals surface area contributed by atoms with E-state index >= 15 is 0 Å². The highest BCUT2D eigenvalue weighted by Gasteiger charge is 2.25. The van der Waals surface area contributed by atoms with Crippen LogP contribution in [0.15, 0.2) is 35.2 Å². The molecule has 0 saturated heterocycles. The molecule has 0 heterocycles. The van der Waals surface area contributed by atoms with Crippen molar-refractivity contribution in [1.82, 2.24) is 5.32 Å². The Bertz CT molecular complexity index is 528. The minimum Gasteiger partial charge on any atom is -0.480 e. The summed E-state index contributed by atoms with van der Waals surface area (Å²) < 4.78 is 5.55. The molecule has 0 aromatic heterocycles. The predicted octanol–water partition coefficient (Wildman–Crippen LogP) is 3.33. The number of hydrogen-bond donors (Lipinski definition) is 2. The van der Waals surface area contributed by atoms with Crippen LogP contribution in [0.1, 0.15) is 40.5 Å². The summed E-state index contributed by atoms with van der Waals surface area (Å²) in [5.41, 5.74) is -0.331. The van der Waals surface area contributed by atoms with Crippen molar-refractivity contribution in [3.63, 3.8) is 0 Å². The molecule has 24 heavy (non-hydrogen) atoms. The number of ether oxygens (including phenoxy) is 1. The summed E-state index contributed by atoms with van der Waals surface area (Å²) in [6.45, 7) is 7.92. The summed E-state index contributed by atoms with van der Waals surface area (Å²) in [5.74, 6) is -1.30. The first kappa shape index (κ1) is 20.5. The molecule has 0 fully saturated rings. The third kappa shape index (κ3) is 7.84. The normalized spacial score (nSPS) is 14.0. The van der Waals surface area contributed by atoms with Gasteiger partial charge in [0.2, 0.25) is 5.91 Å². The van der Waals surface area contributed by atoms with Crippen LogP contribution < -0.4 is 5.32 Å². The van der Waals surface area contributed by atoms with Crippen molar-refractivity contribution < 1.29 is 19.4 Å². The smallest absolute Gasteiger partial charge is 0.326 e. The maximum Gasteiger partial charge on any atom is 0.326 e. The molecule has 2 N–H and O–H groups in total. The van der Waals surface area contributed by atoms with E-state index in [4.69, 9.17) is 4.74 Å². The van der Waals surface area contributed by atoms with Gasteiger partial charge in [-0.3, -0.25) is 4.79 Å². The lowest BCUT2D eigenvalue weighted by molar-refractivity contribution is -0.142. The Balaban J connectivity index is 2.60. The fraction of sp³-hybridized carbons (Fsp3) is 0.556. The van der Waals surface area contributed by atoms with Crippen LogP contribution >= 0.6 is 11.8 Å². The molecule has 0 aliphatic rings. The minimum atomic E-state index is -1.04. The summed E-state index contributed by atoms with van der Waals surface area (Å²) in [5, 5.41) is 11.6. The van der Waals surface area contributed by atoms with E-state index in [0.29, 0.717) is 6.42 Å². The number of carboxylic acid groups (broad SMARTS) is 1. The molecule has 5 nitrogen and oxygen atoms in total. The summed E-state index contributed by atoms with van der Waals surface area (Å²) in [6.07, 6.45) is 0.862. The van der Waals surface area contributed by atoms with Crippen molar-refractivity contribution in [2.75, 3.05) is 6.61 Å². The molecule has 0 saturated carbocycles. The SMILES string of the molecule is CCC(Sc1ccccc1)C(=O)NC(CCOC(C)(C)C)C(=O)O. The van der Waals surface area contributed by atoms with Gasteiger partial charge in [-0.15, -0.1) is 11.8 Å². The van der Waals surface area contributed by atoms with E-state index in [2.05, 4.69) is 5.32 Å². The molecule has 6 heteroatoms. The summed E-state index contributed by atoms with van der Waals surface area (Å²) in [6, 6.07) is 8.68. The molecular weight excluding hydrogens is 326 g/mol. The van der Waals surface area contributed by atoms with Crippen LogP contribution in [0.2, 0.25) is 0 Å². The lowest BCUT2D eigenvalue weighted by Crippen LogP contribution is -2.45. The van der Waals surface area contributed by atoms with E-state index < -0.39 is 12.0 Å². The van der Waals surface area contributed by atoms with Crippen molar-refractivity contribution >= 4 is 23.6 Å². The van der Waals surface area contributed by atoms with Crippen LogP contribution in [0.3, 0.4) is 0 Å². The number of thioether (sulfide) groups is 1. The lowest BCUT2D eigenvalue weighted by atomic mass is 10.1. The van der Waals surface area contributed by atoms with Gasteiger partial charge in [-0.1, -0.05) is 25.1 Å². The Morgan fingerprint density at radius 2 is 1.88 bits per heavy atom. The Morgan fingerprint density at radius 1 is 1.25 bits per heavy atom. The van der Waals surface area contributed by atoms with Crippen LogP contribution in [-0.2, 0) is 14.3 Å². The predicted molar refractivity (Wildman–Crippen MR) is 96.3 cm³/mol. The average Bonchev–Trinajstić information content (AvgIpc) is 2.51. The first-order chi connectivity index (χ1) is 11.2. The highest BCUT2D eigenvalue weighted by molar-refractivity contribution is 8.00. The largest absolute Gasteiger partial charge is 0.480 e. The van der Waals surface area contributed by atoms with Gasteiger partial charge in [0.25, 0.3) is 0 Å². The minimum absolute atomic E-state index is 0.241. The van der Waals surface area contributed by atoms with E-state index in [9.17, 15) is 14.7 Å². The molecule has 0 aliphatic heterocycles. The van der Waals surface area contributed by atoms with E-state index in [1.54, 1.807) is 0 Å². The van der Waals surface area contributed by atoms with Crippen LogP contribution in [0, 0.1) is 0 Å². The highest BCUT2D eigenvalue weighted by Crippen LogP contribution is 2.25. The number of carbonyl (C=O) groups is 2. The van der Waals surface area contributed by atoms with E-state index in [0.717, 1.165) is 4.90 Å². The van der Waals surface area contributed by atoms with Crippen molar-refractivity contribution in [1.29, 1.82) is 0 Å². The molecule has 134 valence electrons. The van der Waals surface area contributed by atoms with Gasteiger partial charge in [0.05, 0.1) is 10.9 Å². The fourth-order valence-electron chi connectivity index (χ4n) is 1.99. The molecule has 0 radical (unpaired) electrons. The second kappa shape index (κ2) is 9.69. The Kier molecular flexibility index (Phi) is 8.28. The number of hydrogen-bond acceptors (Lipinski definition) is 4. The molecule has 1 rings (SSSR count). The molecule has 0 aliphatic carbocycles. The Morgan fingerprint density at radius 3 is 2.38 bits per heavy atom. The molecule has 0 bridgehead atoms. The van der Waals surface area contributed by atoms with Crippen molar-refractivity contribution in [3.8, 4) is 0 Å². The molecule has 2 atom stereocenters. The number of rotatable bonds is 9. The first-order valence-electron chi connectivity index (χ1n) is 8.11. The van der Waals surface area contributed by atoms with Crippen LogP contribution in [0.4, 0.5) is 0 Å². The molecular formula is C18H27NO4S. The second-order valence-electron chi connectivity index (χ2n) is 6.48. The van der Waals surface area contributed by atoms with Crippen molar-refractivity contribution in [2.45, 2.75) is 62.3 Å². The maximum absolute atomic E-state index is 12.4. The summed E-state index contributed by atoms with van der Waals surface area (Å²) in [4.78, 5) is 24.8. The second-order valence-corrected chi connectivity index (χ2v) is 7.75. The summed E-state index contributed by atoms with van der Waals surface area (Å²) in [7, 11) is 0. The van der Waals surface area contributed by atoms with Crippen molar-refractivity contribution in [2.24, 2.45) is 0 Å². The maximum atomic E-state index is 12.4. The standard InChI is InChI=1S/C18H27NO4S/c1-5-15(24-13-9-7-6-8-10-13)16(20)19-14(17(21)22)11-12-23-18(2,3)4/h6-10,14-15H,5,11-12H2,1-4H3,(H,19,20)(H,21,22). The van der Waals surface area contributed by atoms with E-state index in [-0.39, 0.29) is 29.8 Å². The van der Waals surface area contributed by atoms with Gasteiger partial charge in [0.1, 0.15) is 6.04 Å². The average molecular weight is 353 g/mol. The van der Waals surface area contributed by atoms with Gasteiger partial charge in [0, 0.05) is 17.9 Å². The molecule has 1 amide bonds. The topological polar surface area (TPSA) is 75.6 Å². The molecule has 1 aromatic carbocycles. The number of carboxylic acids is 1. The fourth-order valence-corrected chi connectivity index (χ4v) is 2.98. The first-order valence-corrected chi connectivity index (χ1v) is 8.99. The summed E-state index contributed by atoms with van der Waals surface area (Å²) >= 11 is 1.44. The Labute approximate surface area is 148 Å². The monoisotopic (exact) mass is 353 g/mol. The van der Waals surface area contributed by atoms with Crippen LogP contribution in [0.5, 0.6) is 0 Å². The third-order valence-electron chi connectivity index (χ3n) is 3.24. The third-order valence-corrected chi connectivity index (χ3v) is 4.62. The van der Waals surface area contributed by atoms with E-state index in [1.165, 1.54) is 11.8 Å². The van der Waals surface area contributed by atoms with Gasteiger partial charge in [-0.2, -0.15) is 0 Å². The number of carbonyl (C=O) groups excluding carboxylic acids is 1. The zero-order valence-electron chi connectivity index (χ0n) is 14.7. The van der Waals surface area contributed by atoms with Gasteiger partial charge < -0.3 is 15.2 Å². The van der Waals surface area contributed by atoms with Gasteiger partial charge in [0.15, 0.2) is 0 Å². The highest BCUT2D eigenvalue weighted by atomic mass is 32.2. The molecule has 2 unspecified atom stereocenters. The van der Waals surface area contributed by atoms with Gasteiger partial charge in [-0.05, 0) is 39.3 Å². The molecule has 0 spiro atoms. The number of nitrogens with one attached hydrogen (secondary N) is 1. The van der Waals surface area contributed by atoms with Gasteiger partial charge >= 0.3 is 5.97 Å². The number of aliphatic carboxylic acids is 1. The number of benzene rings is 1. The zero-order chi connectivity index (χ0) is 18.2. The van der Waals surface area contributed by atoms with Gasteiger partial charge in [-0.25, -0.2) is 4.79 Å². The Hall–Kier alpha value is -1.53. The van der Waals surface area contributed by atoms with Crippen LogP contribution in [-0.4, -0.2) is 40.5 Å². The number of amides is 1. The van der Waals surface area contributed by atoms with E-state index in [1.807, 2.05) is 58.0 Å². The molecule has 1 aromatic rings. The van der Waals surface area contributed by atoms with Crippen molar-refractivity contribution in [3.05, 3.63) is 30.3 Å². The lowest BCUT2D eigenvalue weighted by Gasteiger charge is -2.22. The quantitative estimate of drug-likeness (QED) is 0.666. The zero-order valence-corrected chi connectivity index (χ0v) is 15.6. The van der Waals surface area contributed by atoms with Crippen LogP contribution in [0.25, 0.3) is 0 Å².